The summed E-state index contributed by atoms with van der Waals surface area (Å²) >= 11 is 0. The summed E-state index contributed by atoms with van der Waals surface area (Å²) in [6, 6.07) is 34.6. The molecule has 0 saturated carbocycles. The molecule has 1 aliphatic heterocycles. The summed E-state index contributed by atoms with van der Waals surface area (Å²) < 4.78 is 0. The maximum atomic E-state index is 2.40. The molecule has 0 aliphatic carbocycles. The number of rotatable bonds is 2. The lowest BCUT2D eigenvalue weighted by Gasteiger charge is -2.29. The molecule has 1 nitrogen and oxygen atoms in total. The van der Waals surface area contributed by atoms with Crippen molar-refractivity contribution in [2.75, 3.05) is 4.90 Å². The Morgan fingerprint density at radius 2 is 1.11 bits per heavy atom. The molecule has 0 fully saturated rings. The Balaban J connectivity index is 1.82. The van der Waals surface area contributed by atoms with Crippen molar-refractivity contribution in [3.63, 3.8) is 0 Å². The molecule has 4 aromatic rings. The van der Waals surface area contributed by atoms with Crippen molar-refractivity contribution in [3.05, 3.63) is 114 Å². The van der Waals surface area contributed by atoms with Gasteiger partial charge in [-0.3, -0.25) is 0 Å². The standard InChI is InChI=1S/C27H21N/c1-20-15-18-27(24(19-20)21-9-3-2-4-10-21)28-25-13-7-5-11-22(25)16-17-23-12-6-8-14-26(23)28/h2-19H,1H3. The maximum absolute atomic E-state index is 2.40. The van der Waals surface area contributed by atoms with Gasteiger partial charge in [0.25, 0.3) is 0 Å². The molecule has 0 saturated heterocycles. The number of fused-ring (bicyclic) bond motifs is 2. The first-order chi connectivity index (χ1) is 13.8. The highest BCUT2D eigenvalue weighted by Crippen LogP contribution is 2.45. The van der Waals surface area contributed by atoms with E-state index in [0.29, 0.717) is 0 Å². The predicted octanol–water partition coefficient (Wildman–Crippen LogP) is 7.62. The Morgan fingerprint density at radius 3 is 1.75 bits per heavy atom. The summed E-state index contributed by atoms with van der Waals surface area (Å²) in [5.41, 5.74) is 9.77. The van der Waals surface area contributed by atoms with Gasteiger partial charge in [0.2, 0.25) is 0 Å². The second kappa shape index (κ2) is 6.86. The summed E-state index contributed by atoms with van der Waals surface area (Å²) in [6.07, 6.45) is 4.43. The van der Waals surface area contributed by atoms with Gasteiger partial charge in [0.15, 0.2) is 0 Å². The van der Waals surface area contributed by atoms with Crippen LogP contribution in [-0.4, -0.2) is 0 Å². The van der Waals surface area contributed by atoms with Crippen LogP contribution < -0.4 is 4.90 Å². The fourth-order valence-corrected chi connectivity index (χ4v) is 3.93. The largest absolute Gasteiger partial charge is 0.309 e. The molecule has 5 rings (SSSR count). The molecular weight excluding hydrogens is 338 g/mol. The number of hydrogen-bond acceptors (Lipinski definition) is 1. The van der Waals surface area contributed by atoms with Crippen LogP contribution in [0.15, 0.2) is 97.1 Å². The van der Waals surface area contributed by atoms with Crippen molar-refractivity contribution in [2.24, 2.45) is 0 Å². The molecule has 1 heteroatoms. The van der Waals surface area contributed by atoms with Gasteiger partial charge in [-0.15, -0.1) is 0 Å². The van der Waals surface area contributed by atoms with Crippen LogP contribution in [0.4, 0.5) is 17.1 Å². The Labute approximate surface area is 166 Å². The van der Waals surface area contributed by atoms with E-state index in [4.69, 9.17) is 0 Å². The van der Waals surface area contributed by atoms with Crippen LogP contribution in [0, 0.1) is 6.92 Å². The number of hydrogen-bond donors (Lipinski definition) is 0. The number of nitrogens with zero attached hydrogens (tertiary/aromatic N) is 1. The Morgan fingerprint density at radius 1 is 0.536 bits per heavy atom. The molecule has 0 N–H and O–H groups in total. The number of para-hydroxylation sites is 2. The molecule has 134 valence electrons. The quantitative estimate of drug-likeness (QED) is 0.313. The van der Waals surface area contributed by atoms with Crippen LogP contribution in [0.2, 0.25) is 0 Å². The van der Waals surface area contributed by atoms with Gasteiger partial charge in [0.05, 0.1) is 17.1 Å². The van der Waals surface area contributed by atoms with Crippen LogP contribution >= 0.6 is 0 Å². The Bertz CT molecular complexity index is 1120. The lowest BCUT2D eigenvalue weighted by molar-refractivity contribution is 1.27. The van der Waals surface area contributed by atoms with E-state index in [0.717, 1.165) is 0 Å². The van der Waals surface area contributed by atoms with Gasteiger partial charge in [-0.05, 0) is 47.9 Å². The molecule has 28 heavy (non-hydrogen) atoms. The topological polar surface area (TPSA) is 3.24 Å². The first kappa shape index (κ1) is 16.6. The minimum atomic E-state index is 1.19. The lowest BCUT2D eigenvalue weighted by Crippen LogP contribution is -2.12. The molecule has 0 amide bonds. The smallest absolute Gasteiger partial charge is 0.0540 e. The van der Waals surface area contributed by atoms with E-state index in [1.807, 2.05) is 0 Å². The van der Waals surface area contributed by atoms with Gasteiger partial charge in [-0.1, -0.05) is 90.5 Å². The van der Waals surface area contributed by atoms with Gasteiger partial charge in [0.1, 0.15) is 0 Å². The molecule has 4 aromatic carbocycles. The average molecular weight is 359 g/mol. The monoisotopic (exact) mass is 359 g/mol. The van der Waals surface area contributed by atoms with Crippen LogP contribution in [0.5, 0.6) is 0 Å². The fourth-order valence-electron chi connectivity index (χ4n) is 3.93. The van der Waals surface area contributed by atoms with Crippen molar-refractivity contribution >= 4 is 29.2 Å². The van der Waals surface area contributed by atoms with Crippen molar-refractivity contribution in [2.45, 2.75) is 6.92 Å². The predicted molar refractivity (Wildman–Crippen MR) is 120 cm³/mol. The second-order valence-corrected chi connectivity index (χ2v) is 7.17. The van der Waals surface area contributed by atoms with Gasteiger partial charge in [0, 0.05) is 5.56 Å². The van der Waals surface area contributed by atoms with Crippen molar-refractivity contribution in [1.82, 2.24) is 0 Å². The fraction of sp³-hybridized carbons (Fsp3) is 0.0370. The molecule has 0 spiro atoms. The minimum absolute atomic E-state index is 1.19. The normalized spacial score (nSPS) is 12.2. The number of benzene rings is 4. The van der Waals surface area contributed by atoms with Crippen molar-refractivity contribution < 1.29 is 0 Å². The minimum Gasteiger partial charge on any atom is -0.309 e. The molecule has 1 heterocycles. The summed E-state index contributed by atoms with van der Waals surface area (Å²) in [7, 11) is 0. The average Bonchev–Trinajstić information content (AvgIpc) is 2.91. The first-order valence-electron chi connectivity index (χ1n) is 9.63. The highest BCUT2D eigenvalue weighted by Gasteiger charge is 2.22. The lowest BCUT2D eigenvalue weighted by atomic mass is 9.99. The summed E-state index contributed by atoms with van der Waals surface area (Å²) in [5, 5.41) is 0. The van der Waals surface area contributed by atoms with Gasteiger partial charge < -0.3 is 4.90 Å². The Hall–Kier alpha value is -3.58. The molecule has 0 atom stereocenters. The van der Waals surface area contributed by atoms with Gasteiger partial charge >= 0.3 is 0 Å². The SMILES string of the molecule is Cc1ccc(N2c3ccccc3C=Cc3ccccc32)c(-c2ccccc2)c1. The van der Waals surface area contributed by atoms with Crippen LogP contribution in [-0.2, 0) is 0 Å². The van der Waals surface area contributed by atoms with Gasteiger partial charge in [-0.25, -0.2) is 0 Å². The summed E-state index contributed by atoms with van der Waals surface area (Å²) in [4.78, 5) is 2.40. The van der Waals surface area contributed by atoms with E-state index in [1.165, 1.54) is 44.9 Å². The highest BCUT2D eigenvalue weighted by atomic mass is 15.1. The highest BCUT2D eigenvalue weighted by molar-refractivity contribution is 5.96. The van der Waals surface area contributed by atoms with E-state index < -0.39 is 0 Å². The van der Waals surface area contributed by atoms with E-state index in [1.54, 1.807) is 0 Å². The third-order valence-corrected chi connectivity index (χ3v) is 5.28. The van der Waals surface area contributed by atoms with Crippen molar-refractivity contribution in [3.8, 4) is 11.1 Å². The number of anilines is 3. The maximum Gasteiger partial charge on any atom is 0.0540 e. The van der Waals surface area contributed by atoms with Gasteiger partial charge in [-0.2, -0.15) is 0 Å². The van der Waals surface area contributed by atoms with E-state index >= 15 is 0 Å². The zero-order valence-electron chi connectivity index (χ0n) is 15.8. The molecule has 0 aromatic heterocycles. The van der Waals surface area contributed by atoms with Crippen LogP contribution in [0.3, 0.4) is 0 Å². The first-order valence-corrected chi connectivity index (χ1v) is 9.63. The molecular formula is C27H21N. The Kier molecular flexibility index (Phi) is 4.06. The second-order valence-electron chi connectivity index (χ2n) is 7.17. The third-order valence-electron chi connectivity index (χ3n) is 5.28. The van der Waals surface area contributed by atoms with E-state index in [9.17, 15) is 0 Å². The van der Waals surface area contributed by atoms with Crippen molar-refractivity contribution in [1.29, 1.82) is 0 Å². The molecule has 0 unspecified atom stereocenters. The number of aryl methyl sites for hydroxylation is 1. The molecule has 0 radical (unpaired) electrons. The molecule has 1 aliphatic rings. The molecule has 0 bridgehead atoms. The summed E-state index contributed by atoms with van der Waals surface area (Å²) in [6.45, 7) is 2.15. The zero-order chi connectivity index (χ0) is 18.9. The van der Waals surface area contributed by atoms with Crippen LogP contribution in [0.1, 0.15) is 16.7 Å². The van der Waals surface area contributed by atoms with E-state index in [2.05, 4.69) is 121 Å². The van der Waals surface area contributed by atoms with E-state index in [-0.39, 0.29) is 0 Å². The van der Waals surface area contributed by atoms with Crippen LogP contribution in [0.25, 0.3) is 23.3 Å². The third kappa shape index (κ3) is 2.82. The zero-order valence-corrected chi connectivity index (χ0v) is 15.8. The summed E-state index contributed by atoms with van der Waals surface area (Å²) in [5.74, 6) is 0.